The maximum Gasteiger partial charge on any atom is 0.336 e. The molecule has 0 atom stereocenters. The third-order valence-electron chi connectivity index (χ3n) is 2.78. The van der Waals surface area contributed by atoms with Crippen molar-refractivity contribution in [1.82, 2.24) is 4.98 Å². The van der Waals surface area contributed by atoms with Crippen LogP contribution in [-0.4, -0.2) is 34.9 Å². The summed E-state index contributed by atoms with van der Waals surface area (Å²) in [4.78, 5) is 15.5. The van der Waals surface area contributed by atoms with Gasteiger partial charge in [-0.3, -0.25) is 0 Å². The first-order valence-corrected chi connectivity index (χ1v) is 6.46. The summed E-state index contributed by atoms with van der Waals surface area (Å²) in [5.41, 5.74) is 0.362. The number of phenolic OH excluding ortho intramolecular Hbond substituents is 1. The third-order valence-corrected chi connectivity index (χ3v) is 2.78. The van der Waals surface area contributed by atoms with E-state index in [1.807, 2.05) is 0 Å². The fraction of sp³-hybridized carbons (Fsp3) is 0.125. The molecule has 0 radical (unpaired) electrons. The number of methoxy groups -OCH3 is 1. The van der Waals surface area contributed by atoms with Crippen molar-refractivity contribution in [1.29, 1.82) is 0 Å². The second-order valence-electron chi connectivity index (χ2n) is 4.33. The zero-order valence-corrected chi connectivity index (χ0v) is 11.9. The predicted octanol–water partition coefficient (Wildman–Crippen LogP) is 2.69. The van der Waals surface area contributed by atoms with Crippen LogP contribution < -0.4 is 4.74 Å². The highest BCUT2D eigenvalue weighted by atomic mass is 16.5. The van der Waals surface area contributed by atoms with Crippen molar-refractivity contribution >= 4 is 11.5 Å². The lowest BCUT2D eigenvalue weighted by Gasteiger charge is -2.10. The molecule has 114 valence electrons. The minimum atomic E-state index is -1.11. The minimum Gasteiger partial charge on any atom is -0.508 e. The summed E-state index contributed by atoms with van der Waals surface area (Å²) >= 11 is 0. The van der Waals surface area contributed by atoms with Crippen LogP contribution in [0.15, 0.2) is 48.7 Å². The molecule has 0 saturated heterocycles. The lowest BCUT2D eigenvalue weighted by Crippen LogP contribution is -2.04. The summed E-state index contributed by atoms with van der Waals surface area (Å²) in [7, 11) is 1.48. The fourth-order valence-electron chi connectivity index (χ4n) is 1.81. The molecule has 2 rings (SSSR count). The van der Waals surface area contributed by atoms with Gasteiger partial charge in [0.1, 0.15) is 11.5 Å². The van der Waals surface area contributed by atoms with Crippen molar-refractivity contribution in [2.45, 2.75) is 0 Å². The monoisotopic (exact) mass is 301 g/mol. The van der Waals surface area contributed by atoms with Gasteiger partial charge in [-0.2, -0.15) is 0 Å². The molecule has 0 unspecified atom stereocenters. The molecule has 0 spiro atoms. The number of nitrogens with zero attached hydrogens (tertiary/aromatic N) is 1. The summed E-state index contributed by atoms with van der Waals surface area (Å²) < 4.78 is 10.5. The van der Waals surface area contributed by atoms with Gasteiger partial charge in [-0.1, -0.05) is 6.07 Å². The Bertz CT molecular complexity index is 696. The van der Waals surface area contributed by atoms with Crippen molar-refractivity contribution in [3.63, 3.8) is 0 Å². The van der Waals surface area contributed by atoms with Gasteiger partial charge in [0.2, 0.25) is 5.88 Å². The van der Waals surface area contributed by atoms with E-state index in [2.05, 4.69) is 4.98 Å². The number of carboxylic acids is 1. The number of aliphatic carboxylic acids is 1. The number of benzene rings is 1. The van der Waals surface area contributed by atoms with Crippen molar-refractivity contribution in [2.75, 3.05) is 13.7 Å². The molecule has 1 heterocycles. The van der Waals surface area contributed by atoms with Crippen LogP contribution in [0.1, 0.15) is 5.56 Å². The molecule has 2 N–H and O–H groups in total. The Hall–Kier alpha value is -2.86. The van der Waals surface area contributed by atoms with Gasteiger partial charge in [-0.15, -0.1) is 0 Å². The van der Waals surface area contributed by atoms with E-state index in [9.17, 15) is 15.0 Å². The van der Waals surface area contributed by atoms with E-state index in [-0.39, 0.29) is 23.8 Å². The van der Waals surface area contributed by atoms with E-state index in [0.717, 1.165) is 0 Å². The first-order chi connectivity index (χ1) is 10.6. The molecular formula is C16H15NO5. The van der Waals surface area contributed by atoms with E-state index in [1.165, 1.54) is 31.5 Å². The van der Waals surface area contributed by atoms with Gasteiger partial charge in [-0.05, 0) is 30.3 Å². The van der Waals surface area contributed by atoms with Crippen molar-refractivity contribution < 1.29 is 24.5 Å². The molecule has 0 aliphatic rings. The first-order valence-electron chi connectivity index (χ1n) is 6.46. The summed E-state index contributed by atoms with van der Waals surface area (Å²) in [5.74, 6) is -0.566. The predicted molar refractivity (Wildman–Crippen MR) is 79.9 cm³/mol. The molecule has 0 aliphatic heterocycles. The van der Waals surface area contributed by atoms with Crippen molar-refractivity contribution in [3.8, 4) is 17.4 Å². The number of aromatic nitrogens is 1. The maximum atomic E-state index is 11.4. The van der Waals surface area contributed by atoms with Gasteiger partial charge < -0.3 is 19.7 Å². The van der Waals surface area contributed by atoms with Crippen LogP contribution >= 0.6 is 0 Å². The average molecular weight is 301 g/mol. The Morgan fingerprint density at radius 3 is 2.82 bits per heavy atom. The smallest absolute Gasteiger partial charge is 0.336 e. The first kappa shape index (κ1) is 15.5. The van der Waals surface area contributed by atoms with Gasteiger partial charge >= 0.3 is 5.97 Å². The quantitative estimate of drug-likeness (QED) is 0.797. The normalized spacial score (nSPS) is 11.2. The molecule has 0 aliphatic carbocycles. The average Bonchev–Trinajstić information content (AvgIpc) is 2.49. The number of hydrogen-bond donors (Lipinski definition) is 2. The number of carboxylic acid groups (broad SMARTS) is 1. The summed E-state index contributed by atoms with van der Waals surface area (Å²) in [6.45, 7) is 0.155. The fourth-order valence-corrected chi connectivity index (χ4v) is 1.81. The van der Waals surface area contributed by atoms with Crippen LogP contribution in [0.2, 0.25) is 0 Å². The van der Waals surface area contributed by atoms with Crippen LogP contribution in [0.4, 0.5) is 0 Å². The van der Waals surface area contributed by atoms with Crippen LogP contribution in [0.3, 0.4) is 0 Å². The zero-order valence-electron chi connectivity index (χ0n) is 11.9. The largest absolute Gasteiger partial charge is 0.508 e. The molecule has 2 aromatic rings. The lowest BCUT2D eigenvalue weighted by molar-refractivity contribution is -0.130. The Balaban J connectivity index is 2.39. The summed E-state index contributed by atoms with van der Waals surface area (Å²) in [6.07, 6.45) is 2.94. The number of rotatable bonds is 6. The maximum absolute atomic E-state index is 11.4. The number of carbonyl (C=O) groups is 1. The van der Waals surface area contributed by atoms with Crippen LogP contribution in [0, 0.1) is 0 Å². The Labute approximate surface area is 127 Å². The van der Waals surface area contributed by atoms with Gasteiger partial charge in [-0.25, -0.2) is 9.78 Å². The van der Waals surface area contributed by atoms with E-state index < -0.39 is 5.97 Å². The lowest BCUT2D eigenvalue weighted by atomic mass is 10.1. The van der Waals surface area contributed by atoms with E-state index in [1.54, 1.807) is 24.3 Å². The standard InChI is InChI=1S/C16H15NO5/c1-21-9-7-14(16(19)20)13-6-3-8-17-15(13)22-12-5-2-4-11(18)10-12/h2-8,10,18H,9H2,1H3,(H,19,20)/b14-7+. The van der Waals surface area contributed by atoms with E-state index in [4.69, 9.17) is 9.47 Å². The summed E-state index contributed by atoms with van der Waals surface area (Å²) in [5, 5.41) is 18.8. The highest BCUT2D eigenvalue weighted by molar-refractivity contribution is 6.16. The SMILES string of the molecule is COC/C=C(/C(=O)O)c1cccnc1Oc1cccc(O)c1. The second kappa shape index (κ2) is 7.24. The molecule has 0 saturated carbocycles. The van der Waals surface area contributed by atoms with Gasteiger partial charge in [0.25, 0.3) is 0 Å². The van der Waals surface area contributed by atoms with Crippen LogP contribution in [0.5, 0.6) is 17.4 Å². The molecule has 0 fully saturated rings. The zero-order chi connectivity index (χ0) is 15.9. The third kappa shape index (κ3) is 3.83. The highest BCUT2D eigenvalue weighted by Gasteiger charge is 2.16. The second-order valence-corrected chi connectivity index (χ2v) is 4.33. The summed E-state index contributed by atoms with van der Waals surface area (Å²) in [6, 6.07) is 9.39. The van der Waals surface area contributed by atoms with Crippen molar-refractivity contribution in [2.24, 2.45) is 0 Å². The van der Waals surface area contributed by atoms with Gasteiger partial charge in [0.15, 0.2) is 0 Å². The molecule has 1 aromatic heterocycles. The molecule has 22 heavy (non-hydrogen) atoms. The van der Waals surface area contributed by atoms with Crippen molar-refractivity contribution in [3.05, 3.63) is 54.2 Å². The van der Waals surface area contributed by atoms with E-state index in [0.29, 0.717) is 11.3 Å². The van der Waals surface area contributed by atoms with E-state index >= 15 is 0 Å². The molecule has 0 bridgehead atoms. The number of aromatic hydroxyl groups is 1. The molecule has 6 heteroatoms. The minimum absolute atomic E-state index is 0.0325. The Kier molecular flexibility index (Phi) is 5.11. The molecule has 0 amide bonds. The van der Waals surface area contributed by atoms with Crippen LogP contribution in [0.25, 0.3) is 5.57 Å². The molecular weight excluding hydrogens is 286 g/mol. The number of phenols is 1. The number of ether oxygens (including phenoxy) is 2. The molecule has 6 nitrogen and oxygen atoms in total. The van der Waals surface area contributed by atoms with Gasteiger partial charge in [0.05, 0.1) is 17.7 Å². The number of hydrogen-bond acceptors (Lipinski definition) is 5. The highest BCUT2D eigenvalue weighted by Crippen LogP contribution is 2.29. The Morgan fingerprint density at radius 2 is 2.14 bits per heavy atom. The van der Waals surface area contributed by atoms with Gasteiger partial charge in [0, 0.05) is 19.4 Å². The number of pyridine rings is 1. The van der Waals surface area contributed by atoms with Crippen LogP contribution in [-0.2, 0) is 9.53 Å². The Morgan fingerprint density at radius 1 is 1.32 bits per heavy atom. The molecule has 1 aromatic carbocycles. The topological polar surface area (TPSA) is 88.9 Å².